The number of aromatic carboxylic acids is 1. The van der Waals surface area contributed by atoms with Crippen molar-refractivity contribution in [3.63, 3.8) is 0 Å². The lowest BCUT2D eigenvalue weighted by Crippen LogP contribution is -2.47. The molecule has 0 amide bonds. The van der Waals surface area contributed by atoms with Crippen molar-refractivity contribution in [1.82, 2.24) is 9.71 Å². The average Bonchev–Trinajstić information content (AvgIpc) is 2.22. The zero-order chi connectivity index (χ0) is 15.6. The van der Waals surface area contributed by atoms with Crippen molar-refractivity contribution in [3.8, 4) is 0 Å². The van der Waals surface area contributed by atoms with Crippen molar-refractivity contribution < 1.29 is 18.3 Å². The molecule has 1 heterocycles. The van der Waals surface area contributed by atoms with Crippen molar-refractivity contribution in [1.29, 1.82) is 0 Å². The summed E-state index contributed by atoms with van der Waals surface area (Å²) in [5.41, 5.74) is -0.0160. The maximum Gasteiger partial charge on any atom is 0.335 e. The highest BCUT2D eigenvalue weighted by atomic mass is 32.2. The Morgan fingerprint density at radius 2 is 2.00 bits per heavy atom. The number of aryl methyl sites for hydroxylation is 1. The van der Waals surface area contributed by atoms with E-state index in [0.717, 1.165) is 6.26 Å². The van der Waals surface area contributed by atoms with Crippen LogP contribution >= 0.6 is 0 Å². The van der Waals surface area contributed by atoms with Gasteiger partial charge in [0.15, 0.2) is 0 Å². The van der Waals surface area contributed by atoms with Gasteiger partial charge >= 0.3 is 5.97 Å². The van der Waals surface area contributed by atoms with E-state index in [4.69, 9.17) is 5.11 Å². The van der Waals surface area contributed by atoms with Crippen LogP contribution in [-0.4, -0.2) is 42.8 Å². The zero-order valence-electron chi connectivity index (χ0n) is 11.9. The maximum absolute atomic E-state index is 11.2. The molecule has 0 saturated heterocycles. The fourth-order valence-corrected chi connectivity index (χ4v) is 2.81. The molecular weight excluding hydrogens is 282 g/mol. The molecule has 112 valence electrons. The molecule has 0 bridgehead atoms. The number of sulfonamides is 1. The van der Waals surface area contributed by atoms with E-state index in [0.29, 0.717) is 11.5 Å². The number of aromatic nitrogens is 1. The number of anilines is 1. The molecule has 8 heteroatoms. The van der Waals surface area contributed by atoms with E-state index in [2.05, 4.69) is 15.0 Å². The second kappa shape index (κ2) is 5.76. The quantitative estimate of drug-likeness (QED) is 0.718. The van der Waals surface area contributed by atoms with E-state index in [1.165, 1.54) is 12.1 Å². The van der Waals surface area contributed by atoms with Crippen LogP contribution in [0.4, 0.5) is 5.82 Å². The van der Waals surface area contributed by atoms with Crippen LogP contribution in [0.15, 0.2) is 12.1 Å². The largest absolute Gasteiger partial charge is 0.478 e. The first kappa shape index (κ1) is 16.4. The number of carbonyl (C=O) groups is 1. The van der Waals surface area contributed by atoms with Gasteiger partial charge in [0.2, 0.25) is 10.0 Å². The number of carboxylic acid groups (broad SMARTS) is 1. The van der Waals surface area contributed by atoms with Gasteiger partial charge in [0.1, 0.15) is 5.82 Å². The Hall–Kier alpha value is -1.67. The lowest BCUT2D eigenvalue weighted by atomic mass is 10.1. The van der Waals surface area contributed by atoms with E-state index in [1.54, 1.807) is 20.8 Å². The molecule has 1 aromatic heterocycles. The minimum Gasteiger partial charge on any atom is -0.478 e. The highest BCUT2D eigenvalue weighted by molar-refractivity contribution is 7.88. The monoisotopic (exact) mass is 301 g/mol. The van der Waals surface area contributed by atoms with Crippen LogP contribution in [0.3, 0.4) is 0 Å². The summed E-state index contributed by atoms with van der Waals surface area (Å²) < 4.78 is 24.9. The van der Waals surface area contributed by atoms with Crippen molar-refractivity contribution >= 4 is 21.8 Å². The lowest BCUT2D eigenvalue weighted by Gasteiger charge is -2.25. The summed E-state index contributed by atoms with van der Waals surface area (Å²) in [5.74, 6) is -0.641. The Labute approximate surface area is 118 Å². The number of hydrogen-bond acceptors (Lipinski definition) is 5. The first-order valence-electron chi connectivity index (χ1n) is 5.93. The fourth-order valence-electron chi connectivity index (χ4n) is 1.73. The van der Waals surface area contributed by atoms with Gasteiger partial charge in [-0.2, -0.15) is 0 Å². The molecule has 0 radical (unpaired) electrons. The number of nitrogens with zero attached hydrogens (tertiary/aromatic N) is 1. The summed E-state index contributed by atoms with van der Waals surface area (Å²) in [6.45, 7) is 5.40. The summed E-state index contributed by atoms with van der Waals surface area (Å²) in [4.78, 5) is 15.1. The minimum atomic E-state index is -3.32. The van der Waals surface area contributed by atoms with Gasteiger partial charge in [-0.25, -0.2) is 22.9 Å². The molecule has 0 aromatic carbocycles. The van der Waals surface area contributed by atoms with Gasteiger partial charge in [-0.1, -0.05) is 0 Å². The van der Waals surface area contributed by atoms with Crippen LogP contribution in [0.5, 0.6) is 0 Å². The van der Waals surface area contributed by atoms with E-state index in [9.17, 15) is 13.2 Å². The van der Waals surface area contributed by atoms with E-state index in [1.807, 2.05) is 0 Å². The molecule has 0 atom stereocenters. The third-order valence-corrected chi connectivity index (χ3v) is 3.30. The molecule has 1 rings (SSSR count). The number of rotatable bonds is 6. The standard InChI is InChI=1S/C12H19N3O4S/c1-8-5-9(11(16)17)6-10(14-8)13-7-12(2,3)15-20(4,18)19/h5-6,15H,7H2,1-4H3,(H,13,14)(H,16,17). The first-order valence-corrected chi connectivity index (χ1v) is 7.82. The Kier molecular flexibility index (Phi) is 4.72. The van der Waals surface area contributed by atoms with Gasteiger partial charge in [0, 0.05) is 17.8 Å². The third-order valence-electron chi connectivity index (χ3n) is 2.37. The van der Waals surface area contributed by atoms with Crippen LogP contribution < -0.4 is 10.0 Å². The molecular formula is C12H19N3O4S. The van der Waals surface area contributed by atoms with Crippen molar-refractivity contribution in [3.05, 3.63) is 23.4 Å². The predicted molar refractivity (Wildman–Crippen MR) is 76.5 cm³/mol. The Morgan fingerprint density at radius 1 is 1.40 bits per heavy atom. The second-order valence-corrected chi connectivity index (χ2v) is 7.05. The van der Waals surface area contributed by atoms with E-state index in [-0.39, 0.29) is 12.1 Å². The molecule has 0 fully saturated rings. The average molecular weight is 301 g/mol. The van der Waals surface area contributed by atoms with Gasteiger partial charge in [0.25, 0.3) is 0 Å². The van der Waals surface area contributed by atoms with Crippen LogP contribution in [0, 0.1) is 6.92 Å². The number of carboxylic acids is 1. The zero-order valence-corrected chi connectivity index (χ0v) is 12.7. The van der Waals surface area contributed by atoms with Crippen LogP contribution in [0.1, 0.15) is 29.9 Å². The summed E-state index contributed by atoms with van der Waals surface area (Å²) in [6, 6.07) is 2.87. The van der Waals surface area contributed by atoms with E-state index < -0.39 is 21.5 Å². The first-order chi connectivity index (χ1) is 8.98. The maximum atomic E-state index is 11.2. The van der Waals surface area contributed by atoms with Gasteiger partial charge in [0.05, 0.1) is 11.8 Å². The Bertz CT molecular complexity index is 611. The van der Waals surface area contributed by atoms with Gasteiger partial charge in [-0.15, -0.1) is 0 Å². The van der Waals surface area contributed by atoms with Gasteiger partial charge in [-0.3, -0.25) is 0 Å². The molecule has 0 saturated carbocycles. The Morgan fingerprint density at radius 3 is 2.50 bits per heavy atom. The van der Waals surface area contributed by atoms with Crippen molar-refractivity contribution in [2.24, 2.45) is 0 Å². The van der Waals surface area contributed by atoms with Crippen LogP contribution in [0.2, 0.25) is 0 Å². The molecule has 0 unspecified atom stereocenters. The molecule has 1 aromatic rings. The van der Waals surface area contributed by atoms with Crippen molar-refractivity contribution in [2.75, 3.05) is 18.1 Å². The molecule has 7 nitrogen and oxygen atoms in total. The predicted octanol–water partition coefficient (Wildman–Crippen LogP) is 0.828. The normalized spacial score (nSPS) is 12.2. The summed E-state index contributed by atoms with van der Waals surface area (Å²) in [6.07, 6.45) is 1.09. The number of pyridine rings is 1. The summed E-state index contributed by atoms with van der Waals surface area (Å²) in [5, 5.41) is 11.9. The molecule has 0 aliphatic carbocycles. The van der Waals surface area contributed by atoms with Crippen LogP contribution in [0.25, 0.3) is 0 Å². The highest BCUT2D eigenvalue weighted by Crippen LogP contribution is 2.12. The third kappa shape index (κ3) is 5.54. The molecule has 3 N–H and O–H groups in total. The fraction of sp³-hybridized carbons (Fsp3) is 0.500. The van der Waals surface area contributed by atoms with Gasteiger partial charge in [-0.05, 0) is 32.9 Å². The smallest absolute Gasteiger partial charge is 0.335 e. The lowest BCUT2D eigenvalue weighted by molar-refractivity contribution is 0.0696. The molecule has 0 aliphatic rings. The molecule has 0 aliphatic heterocycles. The minimum absolute atomic E-state index is 0.133. The molecule has 0 spiro atoms. The summed E-state index contributed by atoms with van der Waals surface area (Å²) >= 11 is 0. The molecule has 20 heavy (non-hydrogen) atoms. The topological polar surface area (TPSA) is 108 Å². The number of nitrogens with one attached hydrogen (secondary N) is 2. The Balaban J connectivity index is 2.82. The van der Waals surface area contributed by atoms with E-state index >= 15 is 0 Å². The van der Waals surface area contributed by atoms with Gasteiger partial charge < -0.3 is 10.4 Å². The number of hydrogen-bond donors (Lipinski definition) is 3. The SMILES string of the molecule is Cc1cc(C(=O)O)cc(NCC(C)(C)NS(C)(=O)=O)n1. The summed E-state index contributed by atoms with van der Waals surface area (Å²) in [7, 11) is -3.32. The van der Waals surface area contributed by atoms with Crippen molar-refractivity contribution in [2.45, 2.75) is 26.3 Å². The van der Waals surface area contributed by atoms with Crippen LogP contribution in [-0.2, 0) is 10.0 Å². The second-order valence-electron chi connectivity index (χ2n) is 5.30. The highest BCUT2D eigenvalue weighted by Gasteiger charge is 2.22.